The Kier molecular flexibility index (Phi) is 5.78. The summed E-state index contributed by atoms with van der Waals surface area (Å²) in [6, 6.07) is 24.9. The van der Waals surface area contributed by atoms with Crippen molar-refractivity contribution in [2.24, 2.45) is 0 Å². The molecule has 1 atom stereocenters. The molecular weight excluding hydrogens is 350 g/mol. The Hall–Kier alpha value is -2.98. The summed E-state index contributed by atoms with van der Waals surface area (Å²) in [4.78, 5) is 0. The molecule has 1 aliphatic heterocycles. The van der Waals surface area contributed by atoms with Crippen LogP contribution in [0.3, 0.4) is 0 Å². The second-order valence-corrected chi connectivity index (χ2v) is 6.86. The van der Waals surface area contributed by atoms with E-state index in [0.717, 1.165) is 36.8 Å². The molecule has 0 amide bonds. The van der Waals surface area contributed by atoms with Crippen LogP contribution in [0.4, 0.5) is 0 Å². The van der Waals surface area contributed by atoms with Gasteiger partial charge in [0.05, 0.1) is 7.11 Å². The average molecular weight is 375 g/mol. The fraction of sp³-hybridized carbons (Fsp3) is 0.250. The molecule has 0 aromatic heterocycles. The van der Waals surface area contributed by atoms with Crippen molar-refractivity contribution in [2.75, 3.05) is 20.4 Å². The summed E-state index contributed by atoms with van der Waals surface area (Å²) in [6.07, 6.45) is 0.951. The van der Waals surface area contributed by atoms with Crippen LogP contribution in [0.5, 0.6) is 17.2 Å². The van der Waals surface area contributed by atoms with Crippen molar-refractivity contribution in [2.45, 2.75) is 18.9 Å². The first-order valence-corrected chi connectivity index (χ1v) is 9.62. The summed E-state index contributed by atoms with van der Waals surface area (Å²) in [5.41, 5.74) is 3.68. The van der Waals surface area contributed by atoms with Crippen LogP contribution in [-0.4, -0.2) is 20.4 Å². The molecule has 0 unspecified atom stereocenters. The van der Waals surface area contributed by atoms with Crippen LogP contribution in [0.15, 0.2) is 72.8 Å². The zero-order chi connectivity index (χ0) is 19.2. The van der Waals surface area contributed by atoms with Crippen LogP contribution in [0.1, 0.15) is 29.0 Å². The van der Waals surface area contributed by atoms with Crippen LogP contribution >= 0.6 is 0 Å². The Morgan fingerprint density at radius 1 is 0.929 bits per heavy atom. The highest BCUT2D eigenvalue weighted by atomic mass is 16.7. The molecule has 1 aliphatic rings. The molecule has 0 spiro atoms. The minimum absolute atomic E-state index is 0.203. The average Bonchev–Trinajstić information content (AvgIpc) is 3.22. The van der Waals surface area contributed by atoms with Crippen molar-refractivity contribution in [1.29, 1.82) is 0 Å². The number of para-hydroxylation sites is 1. The Balaban J connectivity index is 1.53. The lowest BCUT2D eigenvalue weighted by Gasteiger charge is -2.21. The SMILES string of the molecule is COc1ccccc1[C@@H](CCNCc1ccccc1)c1ccc2c(c1)OCO2. The Labute approximate surface area is 166 Å². The highest BCUT2D eigenvalue weighted by Crippen LogP contribution is 2.39. The third-order valence-electron chi connectivity index (χ3n) is 5.10. The van der Waals surface area contributed by atoms with Crippen LogP contribution in [-0.2, 0) is 6.54 Å². The zero-order valence-electron chi connectivity index (χ0n) is 16.1. The third-order valence-corrected chi connectivity index (χ3v) is 5.10. The van der Waals surface area contributed by atoms with Gasteiger partial charge >= 0.3 is 0 Å². The molecule has 0 aliphatic carbocycles. The number of benzene rings is 3. The maximum absolute atomic E-state index is 5.64. The number of hydrogen-bond donors (Lipinski definition) is 1. The van der Waals surface area contributed by atoms with Gasteiger partial charge in [0.15, 0.2) is 11.5 Å². The quantitative estimate of drug-likeness (QED) is 0.578. The van der Waals surface area contributed by atoms with Crippen LogP contribution < -0.4 is 19.5 Å². The van der Waals surface area contributed by atoms with Gasteiger partial charge in [-0.25, -0.2) is 0 Å². The van der Waals surface area contributed by atoms with Crippen LogP contribution in [0.2, 0.25) is 0 Å². The van der Waals surface area contributed by atoms with Crippen molar-refractivity contribution < 1.29 is 14.2 Å². The monoisotopic (exact) mass is 375 g/mol. The maximum atomic E-state index is 5.64. The molecule has 3 aromatic carbocycles. The summed E-state index contributed by atoms with van der Waals surface area (Å²) >= 11 is 0. The smallest absolute Gasteiger partial charge is 0.231 e. The van der Waals surface area contributed by atoms with Gasteiger partial charge in [0.2, 0.25) is 6.79 Å². The van der Waals surface area contributed by atoms with Gasteiger partial charge in [-0.2, -0.15) is 0 Å². The zero-order valence-corrected chi connectivity index (χ0v) is 16.1. The first-order chi connectivity index (χ1) is 13.8. The standard InChI is InChI=1S/C24H25NO3/c1-26-22-10-6-5-9-21(22)20(13-14-25-16-18-7-3-2-4-8-18)19-11-12-23-24(15-19)28-17-27-23/h2-12,15,20,25H,13-14,16-17H2,1H3/t20-/m0/s1. The largest absolute Gasteiger partial charge is 0.496 e. The first-order valence-electron chi connectivity index (χ1n) is 9.62. The topological polar surface area (TPSA) is 39.7 Å². The Morgan fingerprint density at radius 3 is 2.57 bits per heavy atom. The van der Waals surface area contributed by atoms with Gasteiger partial charge in [-0.3, -0.25) is 0 Å². The van der Waals surface area contributed by atoms with Crippen LogP contribution in [0, 0.1) is 0 Å². The normalized spacial score (nSPS) is 13.3. The second kappa shape index (κ2) is 8.81. The third kappa shape index (κ3) is 4.12. The molecule has 0 fully saturated rings. The van der Waals surface area contributed by atoms with E-state index in [1.165, 1.54) is 16.7 Å². The van der Waals surface area contributed by atoms with E-state index in [4.69, 9.17) is 14.2 Å². The van der Waals surface area contributed by atoms with Gasteiger partial charge in [-0.1, -0.05) is 54.6 Å². The Bertz CT molecular complexity index is 911. The van der Waals surface area contributed by atoms with Gasteiger partial charge in [0.1, 0.15) is 5.75 Å². The minimum atomic E-state index is 0.203. The fourth-order valence-electron chi connectivity index (χ4n) is 3.66. The van der Waals surface area contributed by atoms with Crippen LogP contribution in [0.25, 0.3) is 0 Å². The molecule has 4 heteroatoms. The number of fused-ring (bicyclic) bond motifs is 1. The van der Waals surface area contributed by atoms with Gasteiger partial charge in [0, 0.05) is 18.0 Å². The lowest BCUT2D eigenvalue weighted by Crippen LogP contribution is -2.18. The number of hydrogen-bond acceptors (Lipinski definition) is 4. The second-order valence-electron chi connectivity index (χ2n) is 6.86. The van der Waals surface area contributed by atoms with Crippen molar-refractivity contribution in [1.82, 2.24) is 5.32 Å². The van der Waals surface area contributed by atoms with E-state index in [2.05, 4.69) is 53.8 Å². The van der Waals surface area contributed by atoms with Gasteiger partial charge in [0.25, 0.3) is 0 Å². The fourth-order valence-corrected chi connectivity index (χ4v) is 3.66. The molecule has 3 aromatic rings. The minimum Gasteiger partial charge on any atom is -0.496 e. The lowest BCUT2D eigenvalue weighted by molar-refractivity contribution is 0.174. The predicted octanol–water partition coefficient (Wildman–Crippen LogP) is 4.74. The molecule has 0 saturated carbocycles. The summed E-state index contributed by atoms with van der Waals surface area (Å²) in [6.45, 7) is 2.05. The molecule has 28 heavy (non-hydrogen) atoms. The van der Waals surface area contributed by atoms with Crippen molar-refractivity contribution in [3.05, 3.63) is 89.5 Å². The molecule has 0 bridgehead atoms. The maximum Gasteiger partial charge on any atom is 0.231 e. The highest BCUT2D eigenvalue weighted by molar-refractivity contribution is 5.49. The number of nitrogens with one attached hydrogen (secondary N) is 1. The number of ether oxygens (including phenoxy) is 3. The van der Waals surface area contributed by atoms with E-state index >= 15 is 0 Å². The first kappa shape index (κ1) is 18.4. The van der Waals surface area contributed by atoms with E-state index in [0.29, 0.717) is 0 Å². The van der Waals surface area contributed by atoms with Crippen molar-refractivity contribution in [3.63, 3.8) is 0 Å². The molecule has 4 rings (SSSR count). The molecule has 144 valence electrons. The van der Waals surface area contributed by atoms with E-state index in [-0.39, 0.29) is 12.7 Å². The highest BCUT2D eigenvalue weighted by Gasteiger charge is 2.21. The van der Waals surface area contributed by atoms with Crippen molar-refractivity contribution in [3.8, 4) is 17.2 Å². The predicted molar refractivity (Wildman–Crippen MR) is 110 cm³/mol. The molecule has 0 saturated heterocycles. The van der Waals surface area contributed by atoms with Gasteiger partial charge in [-0.15, -0.1) is 0 Å². The van der Waals surface area contributed by atoms with E-state index in [1.807, 2.05) is 24.3 Å². The summed E-state index contributed by atoms with van der Waals surface area (Å²) in [7, 11) is 1.73. The van der Waals surface area contributed by atoms with Crippen molar-refractivity contribution >= 4 is 0 Å². The Morgan fingerprint density at radius 2 is 1.71 bits per heavy atom. The molecule has 1 heterocycles. The van der Waals surface area contributed by atoms with Gasteiger partial charge in [-0.05, 0) is 42.3 Å². The van der Waals surface area contributed by atoms with E-state index in [1.54, 1.807) is 7.11 Å². The molecular formula is C24H25NO3. The van der Waals surface area contributed by atoms with E-state index in [9.17, 15) is 0 Å². The number of methoxy groups -OCH3 is 1. The van der Waals surface area contributed by atoms with E-state index < -0.39 is 0 Å². The van der Waals surface area contributed by atoms with Gasteiger partial charge < -0.3 is 19.5 Å². The lowest BCUT2D eigenvalue weighted by atomic mass is 9.87. The number of rotatable bonds is 8. The molecule has 0 radical (unpaired) electrons. The summed E-state index contributed by atoms with van der Waals surface area (Å²) in [5.74, 6) is 2.74. The molecule has 4 nitrogen and oxygen atoms in total. The molecule has 1 N–H and O–H groups in total. The summed E-state index contributed by atoms with van der Waals surface area (Å²) in [5, 5.41) is 3.56. The summed E-state index contributed by atoms with van der Waals surface area (Å²) < 4.78 is 16.7.